The van der Waals surface area contributed by atoms with E-state index >= 15 is 0 Å². The van der Waals surface area contributed by atoms with Crippen molar-refractivity contribution in [2.24, 2.45) is 11.8 Å². The lowest BCUT2D eigenvalue weighted by atomic mass is 10.1. The Morgan fingerprint density at radius 2 is 1.78 bits per heavy atom. The Morgan fingerprint density at radius 3 is 2.11 bits per heavy atom. The van der Waals surface area contributed by atoms with Gasteiger partial charge in [0.1, 0.15) is 0 Å². The van der Waals surface area contributed by atoms with Crippen LogP contribution >= 0.6 is 0 Å². The molecule has 0 aromatic heterocycles. The lowest BCUT2D eigenvalue weighted by molar-refractivity contribution is 0.648. The van der Waals surface area contributed by atoms with Gasteiger partial charge in [0.25, 0.3) is 0 Å². The molecule has 1 radical (unpaired) electrons. The molecule has 0 aliphatic carbocycles. The van der Waals surface area contributed by atoms with Gasteiger partial charge in [-0.2, -0.15) is 0 Å². The van der Waals surface area contributed by atoms with Gasteiger partial charge >= 0.3 is 0 Å². The molecule has 0 nitrogen and oxygen atoms in total. The third-order valence-electron chi connectivity index (χ3n) is 0.977. The first kappa shape index (κ1) is 8.74. The summed E-state index contributed by atoms with van der Waals surface area (Å²) in [5.74, 6) is 1.41. The Balaban J connectivity index is 3.25. The zero-order chi connectivity index (χ0) is 7.28. The highest BCUT2D eigenvalue weighted by atomic mass is 13.9. The molecule has 0 aliphatic heterocycles. The maximum absolute atomic E-state index is 3.26. The van der Waals surface area contributed by atoms with E-state index in [0.29, 0.717) is 5.92 Å². The van der Waals surface area contributed by atoms with Crippen molar-refractivity contribution in [1.82, 2.24) is 0 Å². The molecule has 53 valence electrons. The summed E-state index contributed by atoms with van der Waals surface area (Å²) in [6.07, 6.45) is 6.49. The van der Waals surface area contributed by atoms with E-state index < -0.39 is 0 Å². The van der Waals surface area contributed by atoms with Crippen LogP contribution in [0.4, 0.5) is 0 Å². The van der Waals surface area contributed by atoms with Gasteiger partial charge in [-0.3, -0.25) is 0 Å². The van der Waals surface area contributed by atoms with Crippen LogP contribution in [0, 0.1) is 17.9 Å². The van der Waals surface area contributed by atoms with E-state index in [9.17, 15) is 0 Å². The van der Waals surface area contributed by atoms with Crippen molar-refractivity contribution in [3.05, 3.63) is 12.2 Å². The molecule has 0 atom stereocenters. The molecule has 0 aliphatic rings. The van der Waals surface area contributed by atoms with Gasteiger partial charge in [-0.25, -0.2) is 0 Å². The second-order valence-corrected chi connectivity index (χ2v) is 3.21. The Kier molecular flexibility index (Phi) is 4.47. The molecule has 0 amide bonds. The molecular weight excluding hydrogens is 108 g/mol. The number of rotatable bonds is 3. The van der Waals surface area contributed by atoms with Crippen LogP contribution in [0.2, 0.25) is 0 Å². The number of allylic oxidation sites excluding steroid dienone is 2. The first-order chi connectivity index (χ1) is 4.13. The van der Waals surface area contributed by atoms with Crippen molar-refractivity contribution in [2.75, 3.05) is 0 Å². The minimum absolute atomic E-state index is 0.656. The van der Waals surface area contributed by atoms with Gasteiger partial charge in [0.2, 0.25) is 0 Å². The van der Waals surface area contributed by atoms with E-state index in [1.807, 2.05) is 0 Å². The summed E-state index contributed by atoms with van der Waals surface area (Å²) in [4.78, 5) is 0. The van der Waals surface area contributed by atoms with Crippen LogP contribution in [-0.2, 0) is 0 Å². The second-order valence-electron chi connectivity index (χ2n) is 3.21. The summed E-state index contributed by atoms with van der Waals surface area (Å²) in [6.45, 7) is 8.77. The lowest BCUT2D eigenvalue weighted by Crippen LogP contribution is -1.84. The molecule has 0 aromatic carbocycles. The SMILES string of the molecule is CC(C)C=[C]CC(C)C. The van der Waals surface area contributed by atoms with Crippen LogP contribution in [0.15, 0.2) is 6.08 Å². The fourth-order valence-corrected chi connectivity index (χ4v) is 0.539. The van der Waals surface area contributed by atoms with Crippen LogP contribution in [0.3, 0.4) is 0 Å². The summed E-state index contributed by atoms with van der Waals surface area (Å²) >= 11 is 0. The third-order valence-corrected chi connectivity index (χ3v) is 0.977. The zero-order valence-corrected chi connectivity index (χ0v) is 6.94. The number of hydrogen-bond acceptors (Lipinski definition) is 0. The summed E-state index contributed by atoms with van der Waals surface area (Å²) in [5.41, 5.74) is 0. The Bertz CT molecular complexity index is 78.0. The second kappa shape index (κ2) is 4.60. The molecular formula is C9H17. The highest BCUT2D eigenvalue weighted by Crippen LogP contribution is 2.01. The summed E-state index contributed by atoms with van der Waals surface area (Å²) < 4.78 is 0. The summed E-state index contributed by atoms with van der Waals surface area (Å²) in [6, 6.07) is 0. The maximum Gasteiger partial charge on any atom is -0.0256 e. The molecule has 0 rings (SSSR count). The van der Waals surface area contributed by atoms with Crippen LogP contribution in [0.1, 0.15) is 34.1 Å². The van der Waals surface area contributed by atoms with Gasteiger partial charge in [-0.1, -0.05) is 33.8 Å². The molecule has 0 saturated heterocycles. The molecule has 0 aromatic rings. The predicted molar refractivity (Wildman–Crippen MR) is 42.1 cm³/mol. The summed E-state index contributed by atoms with van der Waals surface area (Å²) in [7, 11) is 0. The van der Waals surface area contributed by atoms with E-state index in [2.05, 4.69) is 39.8 Å². The van der Waals surface area contributed by atoms with E-state index in [0.717, 1.165) is 12.3 Å². The monoisotopic (exact) mass is 125 g/mol. The van der Waals surface area contributed by atoms with Crippen LogP contribution in [-0.4, -0.2) is 0 Å². The fraction of sp³-hybridized carbons (Fsp3) is 0.778. The Morgan fingerprint density at radius 1 is 1.22 bits per heavy atom. The number of hydrogen-bond donors (Lipinski definition) is 0. The Hall–Kier alpha value is -0.260. The quantitative estimate of drug-likeness (QED) is 0.544. The normalized spacial score (nSPS) is 12.2. The van der Waals surface area contributed by atoms with Crippen molar-refractivity contribution in [2.45, 2.75) is 34.1 Å². The smallest absolute Gasteiger partial charge is 0.0256 e. The topological polar surface area (TPSA) is 0 Å². The first-order valence-corrected chi connectivity index (χ1v) is 3.69. The third kappa shape index (κ3) is 7.74. The van der Waals surface area contributed by atoms with Crippen molar-refractivity contribution >= 4 is 0 Å². The highest BCUT2D eigenvalue weighted by molar-refractivity contribution is 4.77. The largest absolute Gasteiger partial charge is 0.0785 e. The van der Waals surface area contributed by atoms with E-state index in [-0.39, 0.29) is 0 Å². The van der Waals surface area contributed by atoms with Gasteiger partial charge in [0, 0.05) is 0 Å². The minimum Gasteiger partial charge on any atom is -0.0785 e. The van der Waals surface area contributed by atoms with Gasteiger partial charge in [0.15, 0.2) is 0 Å². The Labute approximate surface area is 59.0 Å². The average molecular weight is 125 g/mol. The molecule has 9 heavy (non-hydrogen) atoms. The van der Waals surface area contributed by atoms with E-state index in [1.165, 1.54) is 0 Å². The minimum atomic E-state index is 0.656. The van der Waals surface area contributed by atoms with Crippen molar-refractivity contribution in [1.29, 1.82) is 0 Å². The molecule has 0 heterocycles. The molecule has 0 spiro atoms. The highest BCUT2D eigenvalue weighted by Gasteiger charge is 1.88. The zero-order valence-electron chi connectivity index (χ0n) is 6.94. The van der Waals surface area contributed by atoms with Crippen molar-refractivity contribution in [3.63, 3.8) is 0 Å². The molecule has 0 bridgehead atoms. The maximum atomic E-state index is 3.26. The summed E-state index contributed by atoms with van der Waals surface area (Å²) in [5, 5.41) is 0. The molecule has 0 heteroatoms. The lowest BCUT2D eigenvalue weighted by Gasteiger charge is -1.96. The van der Waals surface area contributed by atoms with Crippen LogP contribution < -0.4 is 0 Å². The van der Waals surface area contributed by atoms with Gasteiger partial charge in [-0.15, -0.1) is 0 Å². The van der Waals surface area contributed by atoms with Gasteiger partial charge in [-0.05, 0) is 24.3 Å². The molecule has 0 N–H and O–H groups in total. The standard InChI is InChI=1S/C9H17/c1-8(2)6-5-7-9(3)4/h6,8-9H,7H2,1-4H3. The van der Waals surface area contributed by atoms with Gasteiger partial charge in [0.05, 0.1) is 0 Å². The fourth-order valence-electron chi connectivity index (χ4n) is 0.539. The van der Waals surface area contributed by atoms with E-state index in [1.54, 1.807) is 0 Å². The van der Waals surface area contributed by atoms with Crippen molar-refractivity contribution < 1.29 is 0 Å². The van der Waals surface area contributed by atoms with E-state index in [4.69, 9.17) is 0 Å². The molecule has 0 fully saturated rings. The molecule has 0 saturated carbocycles. The van der Waals surface area contributed by atoms with Crippen LogP contribution in [0.25, 0.3) is 0 Å². The molecule has 0 unspecified atom stereocenters. The first-order valence-electron chi connectivity index (χ1n) is 3.69. The average Bonchev–Trinajstić information content (AvgIpc) is 1.63. The predicted octanol–water partition coefficient (Wildman–Crippen LogP) is 3.05. The van der Waals surface area contributed by atoms with Crippen LogP contribution in [0.5, 0.6) is 0 Å². The van der Waals surface area contributed by atoms with Gasteiger partial charge < -0.3 is 0 Å². The van der Waals surface area contributed by atoms with Crippen molar-refractivity contribution in [3.8, 4) is 0 Å².